The molecule has 2 unspecified atom stereocenters. The van der Waals surface area contributed by atoms with Crippen LogP contribution < -0.4 is 14.8 Å². The van der Waals surface area contributed by atoms with Crippen molar-refractivity contribution in [1.29, 1.82) is 0 Å². The lowest BCUT2D eigenvalue weighted by Crippen LogP contribution is -2.64. The highest BCUT2D eigenvalue weighted by molar-refractivity contribution is 5.77. The molecule has 5 heteroatoms. The van der Waals surface area contributed by atoms with Crippen molar-refractivity contribution < 1.29 is 14.3 Å². The molecule has 2 aliphatic rings. The number of urea groups is 1. The second-order valence-electron chi connectivity index (χ2n) is 5.18. The maximum absolute atomic E-state index is 12.2. The molecule has 0 aliphatic carbocycles. The normalized spacial score (nSPS) is 26.9. The van der Waals surface area contributed by atoms with E-state index in [2.05, 4.69) is 11.2 Å². The summed E-state index contributed by atoms with van der Waals surface area (Å²) in [5.74, 6) is 3.95. The first-order valence-corrected chi connectivity index (χ1v) is 6.46. The van der Waals surface area contributed by atoms with Crippen LogP contribution in [0.1, 0.15) is 24.9 Å². The largest absolute Gasteiger partial charge is 0.497 e. The van der Waals surface area contributed by atoms with Crippen molar-refractivity contribution in [2.45, 2.75) is 25.1 Å². The second-order valence-corrected chi connectivity index (χ2v) is 5.18. The molecule has 1 N–H and O–H groups in total. The van der Waals surface area contributed by atoms with Crippen molar-refractivity contribution in [3.05, 3.63) is 23.8 Å². The zero-order chi connectivity index (χ0) is 14.3. The maximum Gasteiger partial charge on any atom is 0.321 e. The number of carbonyl (C=O) groups excluding carboxylic acids is 1. The van der Waals surface area contributed by atoms with Crippen LogP contribution in [-0.4, -0.2) is 30.3 Å². The third-order valence-corrected chi connectivity index (χ3v) is 3.87. The topological polar surface area (TPSA) is 50.8 Å². The van der Waals surface area contributed by atoms with Crippen molar-refractivity contribution in [2.24, 2.45) is 0 Å². The Hall–Kier alpha value is -2.35. The first-order chi connectivity index (χ1) is 9.57. The van der Waals surface area contributed by atoms with E-state index >= 15 is 0 Å². The minimum Gasteiger partial charge on any atom is -0.497 e. The highest BCUT2D eigenvalue weighted by Crippen LogP contribution is 2.44. The van der Waals surface area contributed by atoms with E-state index in [0.29, 0.717) is 6.42 Å². The minimum absolute atomic E-state index is 0.0591. The molecule has 0 aromatic heterocycles. The van der Waals surface area contributed by atoms with Crippen molar-refractivity contribution in [2.75, 3.05) is 13.7 Å². The number of fused-ring (bicyclic) bond motifs is 4. The number of carbonyl (C=O) groups is 1. The van der Waals surface area contributed by atoms with Gasteiger partial charge in [-0.25, -0.2) is 4.79 Å². The van der Waals surface area contributed by atoms with Crippen LogP contribution in [0.15, 0.2) is 18.2 Å². The van der Waals surface area contributed by atoms with Gasteiger partial charge in [-0.2, -0.15) is 0 Å². The number of nitrogens with zero attached hydrogens (tertiary/aromatic N) is 1. The summed E-state index contributed by atoms with van der Waals surface area (Å²) in [4.78, 5) is 13.7. The molecule has 0 spiro atoms. The molecule has 2 amide bonds. The molecule has 2 aliphatic heterocycles. The van der Waals surface area contributed by atoms with Gasteiger partial charge < -0.3 is 14.8 Å². The van der Waals surface area contributed by atoms with Gasteiger partial charge in [0.15, 0.2) is 5.72 Å². The Balaban J connectivity index is 2.04. The van der Waals surface area contributed by atoms with Crippen LogP contribution in [0.3, 0.4) is 0 Å². The summed E-state index contributed by atoms with van der Waals surface area (Å²) in [6.45, 7) is 2.10. The molecule has 2 heterocycles. The van der Waals surface area contributed by atoms with E-state index in [0.717, 1.165) is 17.1 Å². The van der Waals surface area contributed by atoms with E-state index < -0.39 is 5.72 Å². The Morgan fingerprint density at radius 2 is 2.45 bits per heavy atom. The maximum atomic E-state index is 12.2. The first-order valence-electron chi connectivity index (χ1n) is 6.46. The molecule has 0 radical (unpaired) electrons. The van der Waals surface area contributed by atoms with Gasteiger partial charge in [0.1, 0.15) is 11.5 Å². The minimum atomic E-state index is -0.723. The van der Waals surface area contributed by atoms with Crippen molar-refractivity contribution >= 4 is 6.03 Å². The Morgan fingerprint density at radius 1 is 1.65 bits per heavy atom. The van der Waals surface area contributed by atoms with E-state index in [1.54, 1.807) is 12.0 Å². The number of methoxy groups -OCH3 is 1. The zero-order valence-corrected chi connectivity index (χ0v) is 11.5. The van der Waals surface area contributed by atoms with Crippen LogP contribution in [0.25, 0.3) is 0 Å². The van der Waals surface area contributed by atoms with Gasteiger partial charge in [0.2, 0.25) is 0 Å². The van der Waals surface area contributed by atoms with Gasteiger partial charge >= 0.3 is 6.03 Å². The number of hydrogen-bond acceptors (Lipinski definition) is 3. The van der Waals surface area contributed by atoms with Crippen molar-refractivity contribution in [1.82, 2.24) is 10.2 Å². The molecule has 5 nitrogen and oxygen atoms in total. The molecule has 20 heavy (non-hydrogen) atoms. The van der Waals surface area contributed by atoms with Crippen LogP contribution in [-0.2, 0) is 0 Å². The number of nitrogens with one attached hydrogen (secondary N) is 1. The summed E-state index contributed by atoms with van der Waals surface area (Å²) in [5.41, 5.74) is 0.246. The highest BCUT2D eigenvalue weighted by atomic mass is 16.5. The highest BCUT2D eigenvalue weighted by Gasteiger charge is 2.48. The Morgan fingerprint density at radius 3 is 3.15 bits per heavy atom. The molecule has 1 aromatic rings. The molecule has 1 saturated heterocycles. The Labute approximate surface area is 117 Å². The van der Waals surface area contributed by atoms with E-state index in [1.165, 1.54) is 0 Å². The smallest absolute Gasteiger partial charge is 0.321 e. The van der Waals surface area contributed by atoms with Gasteiger partial charge in [-0.15, -0.1) is 6.42 Å². The monoisotopic (exact) mass is 272 g/mol. The molecule has 2 bridgehead atoms. The van der Waals surface area contributed by atoms with E-state index in [4.69, 9.17) is 15.9 Å². The summed E-state index contributed by atoms with van der Waals surface area (Å²) in [7, 11) is 1.61. The fraction of sp³-hybridized carbons (Fsp3) is 0.400. The number of hydrogen-bond donors (Lipinski definition) is 1. The zero-order valence-electron chi connectivity index (χ0n) is 11.5. The average Bonchev–Trinajstić information content (AvgIpc) is 2.42. The molecule has 2 atom stereocenters. The summed E-state index contributed by atoms with van der Waals surface area (Å²) < 4.78 is 11.3. The van der Waals surface area contributed by atoms with Gasteiger partial charge in [-0.1, -0.05) is 5.92 Å². The van der Waals surface area contributed by atoms with E-state index in [9.17, 15) is 4.79 Å². The molecule has 3 rings (SSSR count). The third kappa shape index (κ3) is 1.76. The fourth-order valence-electron chi connectivity index (χ4n) is 2.85. The standard InChI is InChI=1S/C15H16N2O3/c1-4-7-17-14(18)16-12-9-15(17,2)20-13-8-10(19-3)5-6-11(12)13/h1,5-6,8,12H,7,9H2,2-3H3,(H,16,18). The molecule has 1 aromatic carbocycles. The molecule has 0 saturated carbocycles. The lowest BCUT2D eigenvalue weighted by Gasteiger charge is -2.50. The average molecular weight is 272 g/mol. The van der Waals surface area contributed by atoms with Crippen LogP contribution in [0.5, 0.6) is 11.5 Å². The van der Waals surface area contributed by atoms with Gasteiger partial charge in [0.25, 0.3) is 0 Å². The number of benzene rings is 1. The van der Waals surface area contributed by atoms with Gasteiger partial charge in [0, 0.05) is 18.1 Å². The van der Waals surface area contributed by atoms with E-state index in [-0.39, 0.29) is 18.6 Å². The number of amides is 2. The third-order valence-electron chi connectivity index (χ3n) is 3.87. The van der Waals surface area contributed by atoms with Crippen LogP contribution in [0.2, 0.25) is 0 Å². The predicted octanol–water partition coefficient (Wildman–Crippen LogP) is 1.89. The van der Waals surface area contributed by atoms with Crippen LogP contribution in [0.4, 0.5) is 4.79 Å². The Bertz CT molecular complexity index is 608. The SMILES string of the molecule is C#CCN1C(=O)NC2CC1(C)Oc1cc(OC)ccc12. The number of ether oxygens (including phenoxy) is 2. The summed E-state index contributed by atoms with van der Waals surface area (Å²) in [6.07, 6.45) is 6.01. The predicted molar refractivity (Wildman–Crippen MR) is 73.5 cm³/mol. The summed E-state index contributed by atoms with van der Waals surface area (Å²) >= 11 is 0. The lowest BCUT2D eigenvalue weighted by atomic mass is 9.90. The molecular weight excluding hydrogens is 256 g/mol. The summed E-state index contributed by atoms with van der Waals surface area (Å²) in [6, 6.07) is 5.38. The van der Waals surface area contributed by atoms with Crippen LogP contribution >= 0.6 is 0 Å². The van der Waals surface area contributed by atoms with Crippen LogP contribution in [0, 0.1) is 12.3 Å². The van der Waals surface area contributed by atoms with Gasteiger partial charge in [-0.05, 0) is 19.1 Å². The van der Waals surface area contributed by atoms with Crippen molar-refractivity contribution in [3.8, 4) is 23.8 Å². The molecule has 1 fully saturated rings. The van der Waals surface area contributed by atoms with E-state index in [1.807, 2.05) is 25.1 Å². The lowest BCUT2D eigenvalue weighted by molar-refractivity contribution is -0.0780. The van der Waals surface area contributed by atoms with Gasteiger partial charge in [0.05, 0.1) is 19.7 Å². The van der Waals surface area contributed by atoms with Gasteiger partial charge in [-0.3, -0.25) is 4.90 Å². The Kier molecular flexibility index (Phi) is 2.75. The fourth-order valence-corrected chi connectivity index (χ4v) is 2.85. The number of rotatable bonds is 2. The quantitative estimate of drug-likeness (QED) is 0.836. The first kappa shape index (κ1) is 12.7. The second kappa shape index (κ2) is 4.34. The molecule has 104 valence electrons. The number of terminal acetylenes is 1. The van der Waals surface area contributed by atoms with Crippen molar-refractivity contribution in [3.63, 3.8) is 0 Å². The molecular formula is C15H16N2O3. The summed E-state index contributed by atoms with van der Waals surface area (Å²) in [5, 5.41) is 2.97.